The van der Waals surface area contributed by atoms with Crippen molar-refractivity contribution in [3.8, 4) is 11.5 Å². The molecule has 2 aromatic carbocycles. The molecule has 0 saturated heterocycles. The number of carbonyl (C=O) groups is 1. The van der Waals surface area contributed by atoms with Gasteiger partial charge < -0.3 is 14.8 Å². The van der Waals surface area contributed by atoms with E-state index in [1.165, 1.54) is 5.56 Å². The summed E-state index contributed by atoms with van der Waals surface area (Å²) in [6, 6.07) is 15.9. The molecule has 1 atom stereocenters. The number of rotatable bonds is 6. The highest BCUT2D eigenvalue weighted by Crippen LogP contribution is 2.39. The van der Waals surface area contributed by atoms with Crippen LogP contribution in [-0.4, -0.2) is 24.4 Å². The van der Waals surface area contributed by atoms with Crippen LogP contribution in [0.1, 0.15) is 37.4 Å². The molecule has 0 radical (unpaired) electrons. The number of para-hydroxylation sites is 1. The Bertz CT molecular complexity index is 758. The maximum Gasteiger partial charge on any atom is 0.230 e. The van der Waals surface area contributed by atoms with Gasteiger partial charge in [-0.2, -0.15) is 0 Å². The quantitative estimate of drug-likeness (QED) is 0.820. The van der Waals surface area contributed by atoms with Crippen molar-refractivity contribution in [2.24, 2.45) is 0 Å². The summed E-state index contributed by atoms with van der Waals surface area (Å²) in [6.07, 6.45) is 0.763. The van der Waals surface area contributed by atoms with Crippen molar-refractivity contribution >= 4 is 17.7 Å². The van der Waals surface area contributed by atoms with Crippen molar-refractivity contribution in [1.82, 2.24) is 5.32 Å². The van der Waals surface area contributed by atoms with E-state index in [1.807, 2.05) is 48.5 Å². The van der Waals surface area contributed by atoms with Crippen LogP contribution < -0.4 is 14.8 Å². The molecule has 0 aliphatic carbocycles. The third kappa shape index (κ3) is 4.73. The number of nitrogens with one attached hydrogen (secondary N) is 1. The summed E-state index contributed by atoms with van der Waals surface area (Å²) in [5.41, 5.74) is 1.95. The summed E-state index contributed by atoms with van der Waals surface area (Å²) >= 11 is 1.61. The molecule has 0 bridgehead atoms. The largest absolute Gasteiger partial charge is 0.497 e. The Balaban J connectivity index is 1.54. The third-order valence-corrected chi connectivity index (χ3v) is 5.38. The molecule has 1 heterocycles. The Labute approximate surface area is 159 Å². The fourth-order valence-electron chi connectivity index (χ4n) is 3.15. The van der Waals surface area contributed by atoms with Gasteiger partial charge in [-0.05, 0) is 37.6 Å². The fourth-order valence-corrected chi connectivity index (χ4v) is 3.95. The highest BCUT2D eigenvalue weighted by molar-refractivity contribution is 7.99. The van der Waals surface area contributed by atoms with Gasteiger partial charge in [-0.25, -0.2) is 0 Å². The first-order valence-corrected chi connectivity index (χ1v) is 9.90. The van der Waals surface area contributed by atoms with Crippen LogP contribution in [0.3, 0.4) is 0 Å². The van der Waals surface area contributed by atoms with Gasteiger partial charge in [-0.3, -0.25) is 4.79 Å². The lowest BCUT2D eigenvalue weighted by Crippen LogP contribution is -2.41. The first kappa shape index (κ1) is 18.6. The lowest BCUT2D eigenvalue weighted by molar-refractivity contribution is -0.119. The number of thioether (sulfide) groups is 1. The van der Waals surface area contributed by atoms with Crippen LogP contribution in [0.25, 0.3) is 0 Å². The topological polar surface area (TPSA) is 47.6 Å². The zero-order valence-corrected chi connectivity index (χ0v) is 16.3. The molecule has 1 N–H and O–H groups in total. The first-order chi connectivity index (χ1) is 12.5. The van der Waals surface area contributed by atoms with Crippen molar-refractivity contribution in [1.29, 1.82) is 0 Å². The Morgan fingerprint density at radius 3 is 2.69 bits per heavy atom. The van der Waals surface area contributed by atoms with Crippen LogP contribution >= 0.6 is 11.8 Å². The second-order valence-corrected chi connectivity index (χ2v) is 8.05. The van der Waals surface area contributed by atoms with E-state index in [0.717, 1.165) is 29.2 Å². The SMILES string of the molecule is COc1ccc(CSCC(=O)NC2CC(C)(C)Oc3ccccc32)cc1. The number of hydrogen-bond acceptors (Lipinski definition) is 4. The lowest BCUT2D eigenvalue weighted by atomic mass is 9.90. The van der Waals surface area contributed by atoms with Gasteiger partial charge in [-0.1, -0.05) is 30.3 Å². The van der Waals surface area contributed by atoms with Crippen molar-refractivity contribution in [3.63, 3.8) is 0 Å². The van der Waals surface area contributed by atoms with Crippen LogP contribution in [0.15, 0.2) is 48.5 Å². The molecule has 3 rings (SSSR count). The number of fused-ring (bicyclic) bond motifs is 1. The van der Waals surface area contributed by atoms with Gasteiger partial charge in [0.2, 0.25) is 5.91 Å². The summed E-state index contributed by atoms with van der Waals surface area (Å²) in [4.78, 5) is 12.4. The molecule has 0 saturated carbocycles. The zero-order valence-electron chi connectivity index (χ0n) is 15.5. The minimum Gasteiger partial charge on any atom is -0.497 e. The summed E-state index contributed by atoms with van der Waals surface area (Å²) in [5.74, 6) is 3.00. The molecule has 5 heteroatoms. The van der Waals surface area contributed by atoms with E-state index in [1.54, 1.807) is 18.9 Å². The Kier molecular flexibility index (Phi) is 5.77. The Hall–Kier alpha value is -2.14. The highest BCUT2D eigenvalue weighted by atomic mass is 32.2. The van der Waals surface area contributed by atoms with Crippen molar-refractivity contribution in [2.75, 3.05) is 12.9 Å². The molecular weight excluding hydrogens is 346 g/mol. The number of amides is 1. The van der Waals surface area contributed by atoms with Gasteiger partial charge in [0.05, 0.1) is 18.9 Å². The van der Waals surface area contributed by atoms with Gasteiger partial charge in [0.15, 0.2) is 0 Å². The molecule has 4 nitrogen and oxygen atoms in total. The van der Waals surface area contributed by atoms with E-state index in [4.69, 9.17) is 9.47 Å². The van der Waals surface area contributed by atoms with Crippen molar-refractivity contribution in [3.05, 3.63) is 59.7 Å². The van der Waals surface area contributed by atoms with E-state index >= 15 is 0 Å². The number of methoxy groups -OCH3 is 1. The second kappa shape index (κ2) is 8.04. The van der Waals surface area contributed by atoms with Gasteiger partial charge >= 0.3 is 0 Å². The number of benzene rings is 2. The smallest absolute Gasteiger partial charge is 0.230 e. The Morgan fingerprint density at radius 2 is 1.96 bits per heavy atom. The average molecular weight is 372 g/mol. The summed E-state index contributed by atoms with van der Waals surface area (Å²) in [5, 5.41) is 3.18. The maximum atomic E-state index is 12.4. The van der Waals surface area contributed by atoms with E-state index < -0.39 is 0 Å². The normalized spacial score (nSPS) is 17.7. The fraction of sp³-hybridized carbons (Fsp3) is 0.381. The molecule has 0 fully saturated rings. The van der Waals surface area contributed by atoms with Crippen LogP contribution in [0.4, 0.5) is 0 Å². The molecule has 1 unspecified atom stereocenters. The predicted molar refractivity (Wildman–Crippen MR) is 106 cm³/mol. The van der Waals surface area contributed by atoms with Crippen molar-refractivity contribution < 1.29 is 14.3 Å². The first-order valence-electron chi connectivity index (χ1n) is 8.75. The molecule has 1 aliphatic heterocycles. The zero-order chi connectivity index (χ0) is 18.6. The number of ether oxygens (including phenoxy) is 2. The molecule has 1 aliphatic rings. The van der Waals surface area contributed by atoms with E-state index in [9.17, 15) is 4.79 Å². The van der Waals surface area contributed by atoms with E-state index in [2.05, 4.69) is 19.2 Å². The summed E-state index contributed by atoms with van der Waals surface area (Å²) in [7, 11) is 1.66. The minimum atomic E-state index is -0.289. The van der Waals surface area contributed by atoms with E-state index in [-0.39, 0.29) is 17.6 Å². The van der Waals surface area contributed by atoms with Crippen LogP contribution in [-0.2, 0) is 10.5 Å². The third-order valence-electron chi connectivity index (χ3n) is 4.37. The standard InChI is InChI=1S/C21H25NO3S/c1-21(2)12-18(17-6-4-5-7-19(17)25-21)22-20(23)14-26-13-15-8-10-16(24-3)11-9-15/h4-11,18H,12-14H2,1-3H3,(H,22,23). The van der Waals surface area contributed by atoms with Gasteiger partial charge in [-0.15, -0.1) is 11.8 Å². The molecule has 0 spiro atoms. The van der Waals surface area contributed by atoms with Crippen molar-refractivity contribution in [2.45, 2.75) is 37.7 Å². The van der Waals surface area contributed by atoms with Gasteiger partial charge in [0, 0.05) is 17.7 Å². The van der Waals surface area contributed by atoms with Gasteiger partial charge in [0.25, 0.3) is 0 Å². The minimum absolute atomic E-state index is 0.0102. The maximum absolute atomic E-state index is 12.4. The summed E-state index contributed by atoms with van der Waals surface area (Å²) in [6.45, 7) is 4.11. The van der Waals surface area contributed by atoms with Gasteiger partial charge in [0.1, 0.15) is 17.1 Å². The monoisotopic (exact) mass is 371 g/mol. The number of hydrogen-bond donors (Lipinski definition) is 1. The van der Waals surface area contributed by atoms with Crippen LogP contribution in [0, 0.1) is 0 Å². The second-order valence-electron chi connectivity index (χ2n) is 7.06. The van der Waals surface area contributed by atoms with Crippen LogP contribution in [0.2, 0.25) is 0 Å². The van der Waals surface area contributed by atoms with Crippen LogP contribution in [0.5, 0.6) is 11.5 Å². The molecular formula is C21H25NO3S. The highest BCUT2D eigenvalue weighted by Gasteiger charge is 2.34. The predicted octanol–water partition coefficient (Wildman–Crippen LogP) is 4.35. The molecule has 1 amide bonds. The number of carbonyl (C=O) groups excluding carboxylic acids is 1. The summed E-state index contributed by atoms with van der Waals surface area (Å²) < 4.78 is 11.2. The Morgan fingerprint density at radius 1 is 1.23 bits per heavy atom. The molecule has 26 heavy (non-hydrogen) atoms. The molecule has 138 valence electrons. The molecule has 2 aromatic rings. The average Bonchev–Trinajstić information content (AvgIpc) is 2.61. The van der Waals surface area contributed by atoms with E-state index in [0.29, 0.717) is 5.75 Å². The lowest BCUT2D eigenvalue weighted by Gasteiger charge is -2.37. The molecule has 0 aromatic heterocycles.